The second kappa shape index (κ2) is 5.69. The lowest BCUT2D eigenvalue weighted by molar-refractivity contribution is 0.0327. The van der Waals surface area contributed by atoms with E-state index in [0.717, 1.165) is 0 Å². The molecule has 5 nitrogen and oxygen atoms in total. The van der Waals surface area contributed by atoms with Crippen LogP contribution >= 0.6 is 11.6 Å². The molecule has 16 heavy (non-hydrogen) atoms. The molecule has 1 aromatic carbocycles. The maximum absolute atomic E-state index is 9.63. The SMILES string of the molecule is NC(=NO)c1ccc(C(O)C(O)CCl)cc1. The highest BCUT2D eigenvalue weighted by molar-refractivity contribution is 6.18. The summed E-state index contributed by atoms with van der Waals surface area (Å²) in [7, 11) is 0. The molecule has 0 bridgehead atoms. The van der Waals surface area contributed by atoms with Crippen LogP contribution in [0.2, 0.25) is 0 Å². The third kappa shape index (κ3) is 2.85. The topological polar surface area (TPSA) is 99.1 Å². The average Bonchev–Trinajstić information content (AvgIpc) is 2.36. The van der Waals surface area contributed by atoms with Crippen molar-refractivity contribution in [2.75, 3.05) is 5.88 Å². The number of rotatable bonds is 4. The Morgan fingerprint density at radius 1 is 1.31 bits per heavy atom. The van der Waals surface area contributed by atoms with E-state index in [2.05, 4.69) is 5.16 Å². The Morgan fingerprint density at radius 3 is 2.31 bits per heavy atom. The van der Waals surface area contributed by atoms with Gasteiger partial charge in [0, 0.05) is 5.56 Å². The Morgan fingerprint density at radius 2 is 1.88 bits per heavy atom. The smallest absolute Gasteiger partial charge is 0.170 e. The molecule has 0 fully saturated rings. The van der Waals surface area contributed by atoms with Gasteiger partial charge in [-0.1, -0.05) is 29.4 Å². The molecule has 0 heterocycles. The van der Waals surface area contributed by atoms with Crippen LogP contribution in [0.3, 0.4) is 0 Å². The van der Waals surface area contributed by atoms with Gasteiger partial charge in [0.05, 0.1) is 12.0 Å². The van der Waals surface area contributed by atoms with E-state index < -0.39 is 12.2 Å². The number of hydrogen-bond donors (Lipinski definition) is 4. The molecule has 5 N–H and O–H groups in total. The number of aliphatic hydroxyl groups excluding tert-OH is 2. The highest BCUT2D eigenvalue weighted by atomic mass is 35.5. The predicted octanol–water partition coefficient (Wildman–Crippen LogP) is 0.414. The summed E-state index contributed by atoms with van der Waals surface area (Å²) in [6.45, 7) is 0. The Balaban J connectivity index is 2.86. The number of amidine groups is 1. The molecule has 88 valence electrons. The van der Waals surface area contributed by atoms with E-state index in [1.54, 1.807) is 24.3 Å². The Labute approximate surface area is 97.8 Å². The first-order valence-electron chi connectivity index (χ1n) is 4.60. The minimum atomic E-state index is -1.04. The minimum absolute atomic E-state index is 0.0149. The summed E-state index contributed by atoms with van der Waals surface area (Å²) >= 11 is 5.42. The monoisotopic (exact) mass is 244 g/mol. The Kier molecular flexibility index (Phi) is 4.54. The fourth-order valence-corrected chi connectivity index (χ4v) is 1.38. The van der Waals surface area contributed by atoms with Crippen LogP contribution in [0, 0.1) is 0 Å². The molecule has 0 aromatic heterocycles. The van der Waals surface area contributed by atoms with Crippen LogP contribution in [0.25, 0.3) is 0 Å². The number of nitrogens with zero attached hydrogens (tertiary/aromatic N) is 1. The summed E-state index contributed by atoms with van der Waals surface area (Å²) in [4.78, 5) is 0. The van der Waals surface area contributed by atoms with Crippen molar-refractivity contribution in [3.05, 3.63) is 35.4 Å². The largest absolute Gasteiger partial charge is 0.409 e. The van der Waals surface area contributed by atoms with Crippen molar-refractivity contribution in [2.45, 2.75) is 12.2 Å². The molecule has 2 unspecified atom stereocenters. The van der Waals surface area contributed by atoms with Gasteiger partial charge in [0.25, 0.3) is 0 Å². The van der Waals surface area contributed by atoms with E-state index in [-0.39, 0.29) is 11.7 Å². The zero-order chi connectivity index (χ0) is 12.1. The summed E-state index contributed by atoms with van der Waals surface area (Å²) in [5, 5.41) is 30.3. The minimum Gasteiger partial charge on any atom is -0.409 e. The highest BCUT2D eigenvalue weighted by Gasteiger charge is 2.17. The molecule has 0 aliphatic heterocycles. The quantitative estimate of drug-likeness (QED) is 0.203. The summed E-state index contributed by atoms with van der Waals surface area (Å²) in [6, 6.07) is 6.31. The van der Waals surface area contributed by atoms with Crippen molar-refractivity contribution in [1.29, 1.82) is 0 Å². The molecule has 0 saturated heterocycles. The van der Waals surface area contributed by atoms with Gasteiger partial charge in [0.1, 0.15) is 6.10 Å². The van der Waals surface area contributed by atoms with Gasteiger partial charge in [-0.3, -0.25) is 0 Å². The first-order chi connectivity index (χ1) is 7.60. The summed E-state index contributed by atoms with van der Waals surface area (Å²) in [5.74, 6) is -0.0673. The molecule has 1 rings (SSSR count). The lowest BCUT2D eigenvalue weighted by atomic mass is 10.0. The molecule has 6 heteroatoms. The second-order valence-electron chi connectivity index (χ2n) is 3.27. The highest BCUT2D eigenvalue weighted by Crippen LogP contribution is 2.18. The fourth-order valence-electron chi connectivity index (χ4n) is 1.22. The molecular formula is C10H13ClN2O3. The molecule has 2 atom stereocenters. The van der Waals surface area contributed by atoms with Crippen LogP contribution in [-0.2, 0) is 0 Å². The van der Waals surface area contributed by atoms with Gasteiger partial charge in [0.15, 0.2) is 5.84 Å². The number of hydrogen-bond acceptors (Lipinski definition) is 4. The standard InChI is InChI=1S/C10H13ClN2O3/c11-5-8(14)9(15)6-1-3-7(4-2-6)10(12)13-16/h1-4,8-9,14-16H,5H2,(H2,12,13). The van der Waals surface area contributed by atoms with Gasteiger partial charge < -0.3 is 21.2 Å². The molecule has 0 spiro atoms. The molecule has 0 aliphatic carbocycles. The summed E-state index contributed by atoms with van der Waals surface area (Å²) < 4.78 is 0. The van der Waals surface area contributed by atoms with Crippen LogP contribution < -0.4 is 5.73 Å². The van der Waals surface area contributed by atoms with E-state index in [1.807, 2.05) is 0 Å². The number of alkyl halides is 1. The van der Waals surface area contributed by atoms with Crippen molar-refractivity contribution in [1.82, 2.24) is 0 Å². The summed E-state index contributed by atoms with van der Waals surface area (Å²) in [5.41, 5.74) is 6.42. The molecule has 0 aliphatic rings. The Bertz CT molecular complexity index is 367. The van der Waals surface area contributed by atoms with Crippen LogP contribution in [0.1, 0.15) is 17.2 Å². The zero-order valence-corrected chi connectivity index (χ0v) is 9.17. The van der Waals surface area contributed by atoms with Crippen molar-refractivity contribution in [2.24, 2.45) is 10.9 Å². The van der Waals surface area contributed by atoms with E-state index in [1.165, 1.54) is 0 Å². The Hall–Kier alpha value is -1.30. The van der Waals surface area contributed by atoms with Crippen LogP contribution in [0.4, 0.5) is 0 Å². The first kappa shape index (κ1) is 12.8. The van der Waals surface area contributed by atoms with Crippen LogP contribution in [-0.4, -0.2) is 33.2 Å². The van der Waals surface area contributed by atoms with Gasteiger partial charge in [0.2, 0.25) is 0 Å². The molecular weight excluding hydrogens is 232 g/mol. The second-order valence-corrected chi connectivity index (χ2v) is 3.58. The van der Waals surface area contributed by atoms with Crippen molar-refractivity contribution in [3.8, 4) is 0 Å². The van der Waals surface area contributed by atoms with Gasteiger partial charge in [-0.25, -0.2) is 0 Å². The lowest BCUT2D eigenvalue weighted by Crippen LogP contribution is -2.20. The van der Waals surface area contributed by atoms with Crippen molar-refractivity contribution in [3.63, 3.8) is 0 Å². The third-order valence-electron chi connectivity index (χ3n) is 2.18. The molecule has 1 aromatic rings. The fraction of sp³-hybridized carbons (Fsp3) is 0.300. The van der Waals surface area contributed by atoms with Crippen molar-refractivity contribution < 1.29 is 15.4 Å². The predicted molar refractivity (Wildman–Crippen MR) is 60.6 cm³/mol. The number of nitrogens with two attached hydrogens (primary N) is 1. The van der Waals surface area contributed by atoms with Crippen LogP contribution in [0.5, 0.6) is 0 Å². The third-order valence-corrected chi connectivity index (χ3v) is 2.49. The molecule has 0 saturated carbocycles. The maximum atomic E-state index is 9.63. The maximum Gasteiger partial charge on any atom is 0.170 e. The van der Waals surface area contributed by atoms with Crippen molar-refractivity contribution >= 4 is 17.4 Å². The number of halogens is 1. The normalized spacial score (nSPS) is 15.8. The average molecular weight is 245 g/mol. The van der Waals surface area contributed by atoms with Crippen LogP contribution in [0.15, 0.2) is 29.4 Å². The van der Waals surface area contributed by atoms with E-state index >= 15 is 0 Å². The number of benzene rings is 1. The van der Waals surface area contributed by atoms with E-state index in [9.17, 15) is 10.2 Å². The number of oxime groups is 1. The molecule has 0 radical (unpaired) electrons. The number of aliphatic hydroxyl groups is 2. The lowest BCUT2D eigenvalue weighted by Gasteiger charge is -2.15. The van der Waals surface area contributed by atoms with Gasteiger partial charge in [-0.05, 0) is 5.56 Å². The molecule has 0 amide bonds. The zero-order valence-electron chi connectivity index (χ0n) is 8.42. The van der Waals surface area contributed by atoms with Gasteiger partial charge >= 0.3 is 0 Å². The first-order valence-corrected chi connectivity index (χ1v) is 5.13. The van der Waals surface area contributed by atoms with E-state index in [4.69, 9.17) is 22.5 Å². The van der Waals surface area contributed by atoms with E-state index in [0.29, 0.717) is 11.1 Å². The van der Waals surface area contributed by atoms with Gasteiger partial charge in [-0.15, -0.1) is 11.6 Å². The summed E-state index contributed by atoms with van der Waals surface area (Å²) in [6.07, 6.45) is -2.06. The van der Waals surface area contributed by atoms with Gasteiger partial charge in [-0.2, -0.15) is 0 Å².